The van der Waals surface area contributed by atoms with Gasteiger partial charge in [-0.25, -0.2) is 0 Å². The quantitative estimate of drug-likeness (QED) is 0.713. The molecule has 0 bridgehead atoms. The van der Waals surface area contributed by atoms with Crippen LogP contribution in [0.3, 0.4) is 0 Å². The summed E-state index contributed by atoms with van der Waals surface area (Å²) in [6, 6.07) is 0. The van der Waals surface area contributed by atoms with Crippen LogP contribution in [0.4, 0.5) is 0 Å². The number of aromatic nitrogens is 4. The van der Waals surface area contributed by atoms with E-state index in [2.05, 4.69) is 36.2 Å². The predicted octanol–water partition coefficient (Wildman–Crippen LogP) is 1.77. The molecule has 2 rings (SSSR count). The van der Waals surface area contributed by atoms with Crippen LogP contribution in [0.2, 0.25) is 0 Å². The fourth-order valence-electron chi connectivity index (χ4n) is 1.79. The molecule has 0 unspecified atom stereocenters. The van der Waals surface area contributed by atoms with Crippen molar-refractivity contribution in [2.75, 3.05) is 0 Å². The van der Waals surface area contributed by atoms with Gasteiger partial charge >= 0.3 is 0 Å². The molecule has 5 heteroatoms. The lowest BCUT2D eigenvalue weighted by Gasteiger charge is -2.20. The molecule has 0 aliphatic rings. The van der Waals surface area contributed by atoms with E-state index in [4.69, 9.17) is 4.52 Å². The number of aryl methyl sites for hydroxylation is 1. The molecule has 80 valence electrons. The van der Waals surface area contributed by atoms with Gasteiger partial charge in [0.25, 0.3) is 0 Å². The third-order valence-corrected chi connectivity index (χ3v) is 2.28. The largest absolute Gasteiger partial charge is 0.337 e. The van der Waals surface area contributed by atoms with Crippen molar-refractivity contribution in [3.8, 4) is 11.3 Å². The summed E-state index contributed by atoms with van der Waals surface area (Å²) >= 11 is 0. The molecular formula is C10H14N4O. The molecule has 0 N–H and O–H groups in total. The molecule has 2 aromatic heterocycles. The van der Waals surface area contributed by atoms with Crippen molar-refractivity contribution in [1.82, 2.24) is 20.2 Å². The Morgan fingerprint density at radius 1 is 1.27 bits per heavy atom. The summed E-state index contributed by atoms with van der Waals surface area (Å²) in [5.41, 5.74) is 2.07. The highest BCUT2D eigenvalue weighted by molar-refractivity contribution is 5.59. The minimum atomic E-state index is 0.00731. The van der Waals surface area contributed by atoms with Gasteiger partial charge in [-0.1, -0.05) is 20.8 Å². The second-order valence-electron chi connectivity index (χ2n) is 4.56. The van der Waals surface area contributed by atoms with Crippen molar-refractivity contribution >= 4 is 0 Å². The second-order valence-corrected chi connectivity index (χ2v) is 4.56. The summed E-state index contributed by atoms with van der Waals surface area (Å²) in [6.45, 7) is 6.41. The average Bonchev–Trinajstić information content (AvgIpc) is 2.68. The molecule has 0 saturated heterocycles. The fraction of sp³-hybridized carbons (Fsp3) is 0.500. The van der Waals surface area contributed by atoms with Crippen LogP contribution in [0, 0.1) is 0 Å². The van der Waals surface area contributed by atoms with Gasteiger partial charge in [0.1, 0.15) is 0 Å². The number of hydrogen-bond acceptors (Lipinski definition) is 4. The van der Waals surface area contributed by atoms with E-state index < -0.39 is 0 Å². The van der Waals surface area contributed by atoms with Crippen LogP contribution >= 0.6 is 0 Å². The number of rotatable bonds is 1. The Bertz CT molecular complexity index is 450. The van der Waals surface area contributed by atoms with Crippen molar-refractivity contribution in [1.29, 1.82) is 0 Å². The summed E-state index contributed by atoms with van der Waals surface area (Å²) in [6.07, 6.45) is 3.38. The van der Waals surface area contributed by atoms with Gasteiger partial charge in [-0.15, -0.1) is 5.10 Å². The zero-order valence-corrected chi connectivity index (χ0v) is 9.35. The van der Waals surface area contributed by atoms with Crippen molar-refractivity contribution in [3.63, 3.8) is 0 Å². The summed E-state index contributed by atoms with van der Waals surface area (Å²) in [5, 5.41) is 11.4. The van der Waals surface area contributed by atoms with Crippen LogP contribution in [0.5, 0.6) is 0 Å². The van der Waals surface area contributed by atoms with E-state index in [1.165, 1.54) is 0 Å². The number of nitrogens with zero attached hydrogens (tertiary/aromatic N) is 4. The van der Waals surface area contributed by atoms with Gasteiger partial charge in [0.05, 0.1) is 23.7 Å². The summed E-state index contributed by atoms with van der Waals surface area (Å²) in [7, 11) is 1.92. The van der Waals surface area contributed by atoms with E-state index in [0.717, 1.165) is 11.3 Å². The monoisotopic (exact) mass is 206 g/mol. The Balaban J connectivity index is 2.59. The fourth-order valence-corrected chi connectivity index (χ4v) is 1.79. The minimum Gasteiger partial charge on any atom is -0.337 e. The first-order valence-corrected chi connectivity index (χ1v) is 4.80. The van der Waals surface area contributed by atoms with Gasteiger partial charge in [0.15, 0.2) is 5.76 Å². The SMILES string of the molecule is Cn1ncc(-c2cnno2)c1C(C)(C)C. The van der Waals surface area contributed by atoms with E-state index in [-0.39, 0.29) is 5.41 Å². The molecular weight excluding hydrogens is 192 g/mol. The van der Waals surface area contributed by atoms with Gasteiger partial charge in [0, 0.05) is 17.7 Å². The lowest BCUT2D eigenvalue weighted by atomic mass is 9.89. The maximum absolute atomic E-state index is 5.05. The third kappa shape index (κ3) is 1.65. The van der Waals surface area contributed by atoms with E-state index in [9.17, 15) is 0 Å². The smallest absolute Gasteiger partial charge is 0.190 e. The standard InChI is InChI=1S/C10H14N4O/c1-10(2,3)9-7(5-12-14(9)4)8-6-11-13-15-8/h5-6H,1-4H3. The van der Waals surface area contributed by atoms with Gasteiger partial charge in [0.2, 0.25) is 0 Å². The van der Waals surface area contributed by atoms with E-state index in [0.29, 0.717) is 5.76 Å². The zero-order valence-electron chi connectivity index (χ0n) is 9.35. The topological polar surface area (TPSA) is 56.7 Å². The first-order chi connectivity index (χ1) is 7.00. The molecule has 0 aliphatic heterocycles. The molecule has 0 atom stereocenters. The molecule has 2 heterocycles. The number of hydrogen-bond donors (Lipinski definition) is 0. The normalized spacial score (nSPS) is 12.0. The highest BCUT2D eigenvalue weighted by Crippen LogP contribution is 2.31. The van der Waals surface area contributed by atoms with Gasteiger partial charge in [-0.2, -0.15) is 5.10 Å². The van der Waals surface area contributed by atoms with Gasteiger partial charge < -0.3 is 4.52 Å². The first-order valence-electron chi connectivity index (χ1n) is 4.80. The summed E-state index contributed by atoms with van der Waals surface area (Å²) < 4.78 is 6.91. The Kier molecular flexibility index (Phi) is 2.10. The highest BCUT2D eigenvalue weighted by atomic mass is 16.5. The average molecular weight is 206 g/mol. The Labute approximate surface area is 88.1 Å². The van der Waals surface area contributed by atoms with Crippen LogP contribution in [-0.4, -0.2) is 20.2 Å². The lowest BCUT2D eigenvalue weighted by Crippen LogP contribution is -2.17. The first kappa shape index (κ1) is 9.89. The van der Waals surface area contributed by atoms with Crippen LogP contribution < -0.4 is 0 Å². The molecule has 0 amide bonds. The van der Waals surface area contributed by atoms with Gasteiger partial charge in [-0.3, -0.25) is 4.68 Å². The second kappa shape index (κ2) is 3.18. The van der Waals surface area contributed by atoms with Crippen molar-refractivity contribution < 1.29 is 4.52 Å². The zero-order chi connectivity index (χ0) is 11.1. The van der Waals surface area contributed by atoms with Crippen molar-refractivity contribution in [2.24, 2.45) is 7.05 Å². The molecule has 2 aromatic rings. The van der Waals surface area contributed by atoms with E-state index in [1.54, 1.807) is 12.4 Å². The molecule has 0 radical (unpaired) electrons. The molecule has 0 aromatic carbocycles. The van der Waals surface area contributed by atoms with Crippen LogP contribution in [0.15, 0.2) is 16.9 Å². The Hall–Kier alpha value is -1.65. The minimum absolute atomic E-state index is 0.00731. The van der Waals surface area contributed by atoms with Crippen LogP contribution in [-0.2, 0) is 12.5 Å². The maximum Gasteiger partial charge on any atom is 0.190 e. The van der Waals surface area contributed by atoms with Crippen LogP contribution in [0.1, 0.15) is 26.5 Å². The Morgan fingerprint density at radius 2 is 2.00 bits per heavy atom. The lowest BCUT2D eigenvalue weighted by molar-refractivity contribution is 0.402. The highest BCUT2D eigenvalue weighted by Gasteiger charge is 2.24. The maximum atomic E-state index is 5.05. The summed E-state index contributed by atoms with van der Waals surface area (Å²) in [5.74, 6) is 0.660. The van der Waals surface area contributed by atoms with Gasteiger partial charge in [-0.05, 0) is 0 Å². The Morgan fingerprint density at radius 3 is 2.53 bits per heavy atom. The van der Waals surface area contributed by atoms with Crippen molar-refractivity contribution in [3.05, 3.63) is 18.1 Å². The molecule has 0 spiro atoms. The van der Waals surface area contributed by atoms with E-state index >= 15 is 0 Å². The predicted molar refractivity (Wildman–Crippen MR) is 55.2 cm³/mol. The van der Waals surface area contributed by atoms with Crippen molar-refractivity contribution in [2.45, 2.75) is 26.2 Å². The van der Waals surface area contributed by atoms with E-state index in [1.807, 2.05) is 11.7 Å². The molecule has 0 fully saturated rings. The molecule has 15 heavy (non-hydrogen) atoms. The molecule has 5 nitrogen and oxygen atoms in total. The third-order valence-electron chi connectivity index (χ3n) is 2.28. The summed E-state index contributed by atoms with van der Waals surface area (Å²) in [4.78, 5) is 0. The molecule has 0 aliphatic carbocycles. The molecule has 0 saturated carbocycles. The van der Waals surface area contributed by atoms with Crippen LogP contribution in [0.25, 0.3) is 11.3 Å².